The van der Waals surface area contributed by atoms with Crippen LogP contribution < -0.4 is 10.1 Å². The van der Waals surface area contributed by atoms with Crippen molar-refractivity contribution in [1.82, 2.24) is 20.0 Å². The van der Waals surface area contributed by atoms with Crippen molar-refractivity contribution in [2.24, 2.45) is 0 Å². The van der Waals surface area contributed by atoms with E-state index in [1.807, 2.05) is 6.07 Å². The van der Waals surface area contributed by atoms with Crippen LogP contribution in [0.2, 0.25) is 0 Å². The Bertz CT molecular complexity index is 826. The first-order chi connectivity index (χ1) is 12.5. The number of hydrogen-bond acceptors (Lipinski definition) is 10. The highest BCUT2D eigenvalue weighted by Gasteiger charge is 2.23. The molecule has 2 aromatic rings. The van der Waals surface area contributed by atoms with Gasteiger partial charge in [0.15, 0.2) is 5.13 Å². The number of aromatic nitrogens is 3. The standard InChI is InChI=1S/C16H18N6O3S/c1-10-19-14(21-16-18-9-13(8-17)26-16)7-15(20-10)24-12-3-5-22(6-4-12)25-11(2)23/h7,9,12H,3-6H2,1-2H3,(H,18,19,20,21). The predicted octanol–water partition coefficient (Wildman–Crippen LogP) is 2.18. The maximum Gasteiger partial charge on any atom is 0.322 e. The first kappa shape index (κ1) is 18.0. The van der Waals surface area contributed by atoms with Crippen molar-refractivity contribution in [1.29, 1.82) is 5.26 Å². The molecule has 3 rings (SSSR count). The van der Waals surface area contributed by atoms with Gasteiger partial charge in [-0.05, 0) is 6.92 Å². The summed E-state index contributed by atoms with van der Waals surface area (Å²) in [6.45, 7) is 4.41. The van der Waals surface area contributed by atoms with Gasteiger partial charge in [-0.3, -0.25) is 4.79 Å². The third-order valence-electron chi connectivity index (χ3n) is 3.61. The van der Waals surface area contributed by atoms with Gasteiger partial charge in [-0.1, -0.05) is 11.3 Å². The lowest BCUT2D eigenvalue weighted by Gasteiger charge is -2.30. The monoisotopic (exact) mass is 374 g/mol. The molecule has 0 radical (unpaired) electrons. The molecule has 0 amide bonds. The van der Waals surface area contributed by atoms with Crippen molar-refractivity contribution in [3.05, 3.63) is 23.0 Å². The second-order valence-electron chi connectivity index (χ2n) is 5.73. The van der Waals surface area contributed by atoms with Crippen LogP contribution in [-0.4, -0.2) is 45.2 Å². The number of nitrogens with zero attached hydrogens (tertiary/aromatic N) is 5. The van der Waals surface area contributed by atoms with Crippen LogP contribution in [0.1, 0.15) is 30.5 Å². The lowest BCUT2D eigenvalue weighted by Crippen LogP contribution is -2.39. The highest BCUT2D eigenvalue weighted by atomic mass is 32.1. The van der Waals surface area contributed by atoms with E-state index >= 15 is 0 Å². The van der Waals surface area contributed by atoms with Crippen molar-refractivity contribution in [3.8, 4) is 11.9 Å². The molecule has 0 spiro atoms. The zero-order valence-corrected chi connectivity index (χ0v) is 15.2. The van der Waals surface area contributed by atoms with Crippen molar-refractivity contribution in [2.75, 3.05) is 18.4 Å². The normalized spacial score (nSPS) is 15.3. The molecule has 136 valence electrons. The van der Waals surface area contributed by atoms with Gasteiger partial charge in [0.1, 0.15) is 28.7 Å². The molecule has 1 saturated heterocycles. The van der Waals surface area contributed by atoms with Crippen LogP contribution >= 0.6 is 11.3 Å². The van der Waals surface area contributed by atoms with Gasteiger partial charge in [-0.15, -0.1) is 5.06 Å². The summed E-state index contributed by atoms with van der Waals surface area (Å²) in [5.74, 6) is 1.29. The number of hydroxylamine groups is 2. The quantitative estimate of drug-likeness (QED) is 0.841. The van der Waals surface area contributed by atoms with E-state index in [-0.39, 0.29) is 12.1 Å². The minimum absolute atomic E-state index is 0.00554. The van der Waals surface area contributed by atoms with E-state index in [1.165, 1.54) is 24.5 Å². The molecule has 1 aliphatic rings. The number of rotatable bonds is 5. The molecule has 0 aliphatic carbocycles. The number of piperidine rings is 1. The average molecular weight is 374 g/mol. The number of aryl methyl sites for hydroxylation is 1. The number of anilines is 2. The maximum atomic E-state index is 11.0. The molecule has 10 heteroatoms. The second kappa shape index (κ2) is 8.07. The van der Waals surface area contributed by atoms with E-state index in [9.17, 15) is 4.79 Å². The second-order valence-corrected chi connectivity index (χ2v) is 6.76. The highest BCUT2D eigenvalue weighted by molar-refractivity contribution is 7.16. The summed E-state index contributed by atoms with van der Waals surface area (Å²) >= 11 is 1.25. The lowest BCUT2D eigenvalue weighted by atomic mass is 10.1. The molecule has 9 nitrogen and oxygen atoms in total. The zero-order chi connectivity index (χ0) is 18.5. The Hall–Kier alpha value is -2.77. The Labute approximate surface area is 154 Å². The number of carbonyl (C=O) groups excluding carboxylic acids is 1. The fourth-order valence-electron chi connectivity index (χ4n) is 2.55. The van der Waals surface area contributed by atoms with E-state index < -0.39 is 0 Å². The Kier molecular flexibility index (Phi) is 5.60. The van der Waals surface area contributed by atoms with Gasteiger partial charge >= 0.3 is 5.97 Å². The number of hydrogen-bond donors (Lipinski definition) is 1. The van der Waals surface area contributed by atoms with E-state index in [4.69, 9.17) is 14.8 Å². The zero-order valence-electron chi connectivity index (χ0n) is 14.4. The van der Waals surface area contributed by atoms with E-state index in [0.717, 1.165) is 12.8 Å². The lowest BCUT2D eigenvalue weighted by molar-refractivity contribution is -0.195. The van der Waals surface area contributed by atoms with Crippen molar-refractivity contribution < 1.29 is 14.4 Å². The van der Waals surface area contributed by atoms with Gasteiger partial charge in [0.25, 0.3) is 0 Å². The molecule has 0 aromatic carbocycles. The molecule has 3 heterocycles. The van der Waals surface area contributed by atoms with Gasteiger partial charge in [-0.2, -0.15) is 10.2 Å². The number of nitriles is 1. The van der Waals surface area contributed by atoms with Crippen LogP contribution in [-0.2, 0) is 9.63 Å². The summed E-state index contributed by atoms with van der Waals surface area (Å²) in [6.07, 6.45) is 2.97. The molecule has 1 aliphatic heterocycles. The van der Waals surface area contributed by atoms with Gasteiger partial charge in [-0.25, -0.2) is 9.97 Å². The van der Waals surface area contributed by atoms with Crippen molar-refractivity contribution >= 4 is 28.3 Å². The van der Waals surface area contributed by atoms with Crippen LogP contribution in [0.3, 0.4) is 0 Å². The summed E-state index contributed by atoms with van der Waals surface area (Å²) in [6, 6.07) is 3.76. The smallest absolute Gasteiger partial charge is 0.322 e. The van der Waals surface area contributed by atoms with E-state index in [2.05, 4.69) is 20.3 Å². The SMILES string of the molecule is CC(=O)ON1CCC(Oc2cc(Nc3ncc(C#N)s3)nc(C)n2)CC1. The van der Waals surface area contributed by atoms with Gasteiger partial charge in [0.05, 0.1) is 6.20 Å². The fourth-order valence-corrected chi connectivity index (χ4v) is 3.17. The molecule has 1 N–H and O–H groups in total. The molecule has 0 atom stereocenters. The topological polar surface area (TPSA) is 113 Å². The molecule has 2 aromatic heterocycles. The highest BCUT2D eigenvalue weighted by Crippen LogP contribution is 2.24. The first-order valence-corrected chi connectivity index (χ1v) is 8.92. The fraction of sp³-hybridized carbons (Fsp3) is 0.438. The molecular formula is C16H18N6O3S. The first-order valence-electron chi connectivity index (χ1n) is 8.10. The minimum atomic E-state index is -0.312. The summed E-state index contributed by atoms with van der Waals surface area (Å²) in [4.78, 5) is 29.4. The number of nitrogens with one attached hydrogen (secondary N) is 1. The average Bonchev–Trinajstić information content (AvgIpc) is 3.03. The van der Waals surface area contributed by atoms with E-state index in [0.29, 0.717) is 40.6 Å². The van der Waals surface area contributed by atoms with Gasteiger partial charge < -0.3 is 14.9 Å². The van der Waals surface area contributed by atoms with Crippen LogP contribution in [0.4, 0.5) is 10.9 Å². The molecule has 0 saturated carbocycles. The van der Waals surface area contributed by atoms with Crippen LogP contribution in [0.5, 0.6) is 5.88 Å². The summed E-state index contributed by atoms with van der Waals surface area (Å²) in [5, 5.41) is 14.2. The molecule has 0 bridgehead atoms. The number of carbonyl (C=O) groups is 1. The largest absolute Gasteiger partial charge is 0.474 e. The molecule has 0 unspecified atom stereocenters. The number of ether oxygens (including phenoxy) is 1. The van der Waals surface area contributed by atoms with Crippen LogP contribution in [0, 0.1) is 18.3 Å². The molecular weight excluding hydrogens is 356 g/mol. The predicted molar refractivity (Wildman–Crippen MR) is 93.9 cm³/mol. The van der Waals surface area contributed by atoms with Crippen LogP contribution in [0.25, 0.3) is 0 Å². The van der Waals surface area contributed by atoms with Crippen molar-refractivity contribution in [3.63, 3.8) is 0 Å². The third-order valence-corrected chi connectivity index (χ3v) is 4.43. The van der Waals surface area contributed by atoms with Gasteiger partial charge in [0, 0.05) is 38.9 Å². The minimum Gasteiger partial charge on any atom is -0.474 e. The number of thiazole rings is 1. The summed E-state index contributed by atoms with van der Waals surface area (Å²) in [5.41, 5.74) is 0. The van der Waals surface area contributed by atoms with Crippen LogP contribution in [0.15, 0.2) is 12.3 Å². The third kappa shape index (κ3) is 4.87. The Morgan fingerprint density at radius 3 is 2.85 bits per heavy atom. The maximum absolute atomic E-state index is 11.0. The summed E-state index contributed by atoms with van der Waals surface area (Å²) in [7, 11) is 0. The Morgan fingerprint density at radius 1 is 1.42 bits per heavy atom. The van der Waals surface area contributed by atoms with Gasteiger partial charge in [0.2, 0.25) is 5.88 Å². The Balaban J connectivity index is 1.61. The molecule has 26 heavy (non-hydrogen) atoms. The summed E-state index contributed by atoms with van der Waals surface area (Å²) < 4.78 is 5.97. The van der Waals surface area contributed by atoms with E-state index in [1.54, 1.807) is 18.1 Å². The Morgan fingerprint density at radius 2 is 2.19 bits per heavy atom. The molecule has 1 fully saturated rings. The van der Waals surface area contributed by atoms with Crippen molar-refractivity contribution in [2.45, 2.75) is 32.8 Å².